The van der Waals surface area contributed by atoms with Gasteiger partial charge in [0.05, 0.1) is 0 Å². The monoisotopic (exact) mass is 205 g/mol. The van der Waals surface area contributed by atoms with Gasteiger partial charge >= 0.3 is 5.97 Å². The van der Waals surface area contributed by atoms with Gasteiger partial charge in [0.2, 0.25) is 0 Å². The van der Waals surface area contributed by atoms with Crippen molar-refractivity contribution in [2.45, 2.75) is 39.5 Å². The van der Waals surface area contributed by atoms with Crippen LogP contribution in [0.2, 0.25) is 0 Å². The van der Waals surface area contributed by atoms with E-state index in [0.717, 1.165) is 31.3 Å². The second-order valence-corrected chi connectivity index (χ2v) is 5.37. The molecule has 0 radical (unpaired) electrons. The zero-order chi connectivity index (χ0) is 11.3. The minimum absolute atomic E-state index is 0.0214. The van der Waals surface area contributed by atoms with E-state index in [9.17, 15) is 4.79 Å². The molecule has 15 heavy (non-hydrogen) atoms. The molecular weight excluding hydrogens is 190 g/mol. The summed E-state index contributed by atoms with van der Waals surface area (Å²) in [6.07, 6.45) is 3.90. The van der Waals surface area contributed by atoms with E-state index >= 15 is 0 Å². The summed E-state index contributed by atoms with van der Waals surface area (Å²) < 4.78 is 0. The standard InChI is InChI=1S/C12H15NO2/c1-11-3-4-12(11,2)6-8(5-11)9(7-13)10(14)15/h3-6H2,1-2H3,(H,14,15)/b9-8-/t11-,12+/m0/s1. The van der Waals surface area contributed by atoms with Crippen LogP contribution in [0.25, 0.3) is 0 Å². The van der Waals surface area contributed by atoms with Crippen molar-refractivity contribution < 1.29 is 9.90 Å². The van der Waals surface area contributed by atoms with Gasteiger partial charge in [-0.15, -0.1) is 0 Å². The van der Waals surface area contributed by atoms with Gasteiger partial charge in [-0.1, -0.05) is 13.8 Å². The molecule has 2 aliphatic carbocycles. The van der Waals surface area contributed by atoms with Crippen LogP contribution in [0, 0.1) is 22.2 Å². The van der Waals surface area contributed by atoms with Crippen LogP contribution in [-0.4, -0.2) is 11.1 Å². The predicted molar refractivity (Wildman–Crippen MR) is 55.0 cm³/mol. The van der Waals surface area contributed by atoms with Crippen molar-refractivity contribution in [1.82, 2.24) is 0 Å². The highest BCUT2D eigenvalue weighted by atomic mass is 16.4. The van der Waals surface area contributed by atoms with E-state index in [4.69, 9.17) is 10.4 Å². The highest BCUT2D eigenvalue weighted by molar-refractivity contribution is 5.92. The normalized spacial score (nSPS) is 41.4. The lowest BCUT2D eigenvalue weighted by molar-refractivity contribution is -0.132. The van der Waals surface area contributed by atoms with Gasteiger partial charge in [0.25, 0.3) is 0 Å². The smallest absolute Gasteiger partial charge is 0.346 e. The first-order valence-corrected chi connectivity index (χ1v) is 5.27. The molecule has 80 valence electrons. The Labute approximate surface area is 89.4 Å². The van der Waals surface area contributed by atoms with Gasteiger partial charge in [0, 0.05) is 0 Å². The van der Waals surface area contributed by atoms with Crippen LogP contribution in [0.5, 0.6) is 0 Å². The Hall–Kier alpha value is -1.30. The van der Waals surface area contributed by atoms with Crippen molar-refractivity contribution in [3.8, 4) is 6.07 Å². The molecule has 1 N–H and O–H groups in total. The first kappa shape index (κ1) is 10.2. The van der Waals surface area contributed by atoms with Crippen LogP contribution in [0.3, 0.4) is 0 Å². The molecule has 2 rings (SSSR count). The lowest BCUT2D eigenvalue weighted by atomic mass is 9.53. The summed E-state index contributed by atoms with van der Waals surface area (Å²) in [4.78, 5) is 10.9. The SMILES string of the molecule is C[C@@]12CC[C@]1(C)C/C(=C(/C#N)C(=O)O)C2. The van der Waals surface area contributed by atoms with Gasteiger partial charge in [-0.25, -0.2) is 4.79 Å². The zero-order valence-electron chi connectivity index (χ0n) is 9.13. The molecule has 0 bridgehead atoms. The Kier molecular flexibility index (Phi) is 1.94. The van der Waals surface area contributed by atoms with Gasteiger partial charge in [-0.3, -0.25) is 0 Å². The van der Waals surface area contributed by atoms with E-state index in [1.54, 1.807) is 0 Å². The second-order valence-electron chi connectivity index (χ2n) is 5.37. The number of nitrogens with zero attached hydrogens (tertiary/aromatic N) is 1. The number of carboxylic acids is 1. The third-order valence-electron chi connectivity index (χ3n) is 4.57. The topological polar surface area (TPSA) is 61.1 Å². The minimum Gasteiger partial charge on any atom is -0.477 e. The fourth-order valence-corrected chi connectivity index (χ4v) is 3.04. The maximum Gasteiger partial charge on any atom is 0.346 e. The summed E-state index contributed by atoms with van der Waals surface area (Å²) >= 11 is 0. The Morgan fingerprint density at radius 2 is 1.80 bits per heavy atom. The molecule has 0 heterocycles. The molecule has 3 nitrogen and oxygen atoms in total. The van der Waals surface area contributed by atoms with Crippen LogP contribution < -0.4 is 0 Å². The van der Waals surface area contributed by atoms with Gasteiger partial charge in [-0.05, 0) is 42.1 Å². The number of carbonyl (C=O) groups is 1. The number of aliphatic carboxylic acids is 1. The largest absolute Gasteiger partial charge is 0.477 e. The number of rotatable bonds is 1. The van der Waals surface area contributed by atoms with Crippen molar-refractivity contribution in [3.63, 3.8) is 0 Å². The van der Waals surface area contributed by atoms with E-state index in [2.05, 4.69) is 13.8 Å². The first-order chi connectivity index (χ1) is 6.92. The van der Waals surface area contributed by atoms with Crippen LogP contribution in [0.15, 0.2) is 11.1 Å². The number of hydrogen-bond acceptors (Lipinski definition) is 2. The Morgan fingerprint density at radius 3 is 2.07 bits per heavy atom. The van der Waals surface area contributed by atoms with Gasteiger partial charge in [0.1, 0.15) is 11.6 Å². The summed E-state index contributed by atoms with van der Waals surface area (Å²) in [5, 5.41) is 17.7. The van der Waals surface area contributed by atoms with Gasteiger partial charge in [-0.2, -0.15) is 5.26 Å². The van der Waals surface area contributed by atoms with E-state index in [1.807, 2.05) is 6.07 Å². The molecule has 2 aliphatic rings. The maximum absolute atomic E-state index is 10.9. The maximum atomic E-state index is 10.9. The summed E-state index contributed by atoms with van der Waals surface area (Å²) in [5.41, 5.74) is 1.30. The molecule has 2 fully saturated rings. The molecule has 0 unspecified atom stereocenters. The highest BCUT2D eigenvalue weighted by Gasteiger charge is 2.57. The molecule has 2 atom stereocenters. The summed E-state index contributed by atoms with van der Waals surface area (Å²) in [6.45, 7) is 4.42. The van der Waals surface area contributed by atoms with Crippen LogP contribution in [0.4, 0.5) is 0 Å². The van der Waals surface area contributed by atoms with Crippen molar-refractivity contribution >= 4 is 5.97 Å². The molecule has 0 aromatic carbocycles. The third-order valence-corrected chi connectivity index (χ3v) is 4.57. The lowest BCUT2D eigenvalue weighted by Crippen LogP contribution is -2.42. The van der Waals surface area contributed by atoms with Crippen molar-refractivity contribution in [3.05, 3.63) is 11.1 Å². The molecular formula is C12H15NO2. The third kappa shape index (κ3) is 1.21. The molecule has 0 amide bonds. The fraction of sp³-hybridized carbons (Fsp3) is 0.667. The molecule has 0 aliphatic heterocycles. The van der Waals surface area contributed by atoms with E-state index < -0.39 is 5.97 Å². The summed E-state index contributed by atoms with van der Waals surface area (Å²) in [7, 11) is 0. The van der Waals surface area contributed by atoms with Crippen molar-refractivity contribution in [2.75, 3.05) is 0 Å². The Balaban J connectivity index is 2.38. The summed E-state index contributed by atoms with van der Waals surface area (Å²) in [5.74, 6) is -1.07. The zero-order valence-corrected chi connectivity index (χ0v) is 9.13. The fourth-order valence-electron chi connectivity index (χ4n) is 3.04. The first-order valence-electron chi connectivity index (χ1n) is 5.27. The highest BCUT2D eigenvalue weighted by Crippen LogP contribution is 2.67. The molecule has 2 saturated carbocycles. The number of hydrogen-bond donors (Lipinski definition) is 1. The number of nitriles is 1. The van der Waals surface area contributed by atoms with Crippen LogP contribution in [0.1, 0.15) is 39.5 Å². The summed E-state index contributed by atoms with van der Waals surface area (Å²) in [6, 6.07) is 1.83. The van der Waals surface area contributed by atoms with Crippen molar-refractivity contribution in [2.24, 2.45) is 10.8 Å². The van der Waals surface area contributed by atoms with Gasteiger partial charge < -0.3 is 5.11 Å². The minimum atomic E-state index is -1.07. The van der Waals surface area contributed by atoms with Gasteiger partial charge in [0.15, 0.2) is 0 Å². The van der Waals surface area contributed by atoms with E-state index in [1.165, 1.54) is 0 Å². The second kappa shape index (κ2) is 2.85. The van der Waals surface area contributed by atoms with E-state index in [-0.39, 0.29) is 16.4 Å². The number of allylic oxidation sites excluding steroid dienone is 1. The van der Waals surface area contributed by atoms with Crippen LogP contribution >= 0.6 is 0 Å². The Bertz CT molecular complexity index is 384. The number of carboxylic acid groups (broad SMARTS) is 1. The molecule has 0 spiro atoms. The van der Waals surface area contributed by atoms with E-state index in [0.29, 0.717) is 0 Å². The molecule has 0 aromatic heterocycles. The molecule has 0 saturated heterocycles. The molecule has 3 heteroatoms. The average Bonchev–Trinajstić information content (AvgIpc) is 2.30. The Morgan fingerprint density at radius 1 is 1.33 bits per heavy atom. The number of fused-ring (bicyclic) bond motifs is 1. The average molecular weight is 205 g/mol. The van der Waals surface area contributed by atoms with Crippen LogP contribution in [-0.2, 0) is 4.79 Å². The predicted octanol–water partition coefficient (Wildman–Crippen LogP) is 2.49. The lowest BCUT2D eigenvalue weighted by Gasteiger charge is -2.51. The molecule has 0 aromatic rings. The van der Waals surface area contributed by atoms with Crippen molar-refractivity contribution in [1.29, 1.82) is 5.26 Å². The quantitative estimate of drug-likeness (QED) is 0.528.